The van der Waals surface area contributed by atoms with Crippen molar-refractivity contribution < 1.29 is 18.7 Å². The molecule has 1 N–H and O–H groups in total. The molecule has 2 heterocycles. The number of hydrogen-bond acceptors (Lipinski definition) is 5. The van der Waals surface area contributed by atoms with Crippen molar-refractivity contribution in [2.45, 2.75) is 19.1 Å². The van der Waals surface area contributed by atoms with E-state index >= 15 is 0 Å². The van der Waals surface area contributed by atoms with Crippen LogP contribution in [0.1, 0.15) is 28.3 Å². The molecule has 5 aromatic rings. The highest BCUT2D eigenvalue weighted by molar-refractivity contribution is 7.18. The lowest BCUT2D eigenvalue weighted by molar-refractivity contribution is 0.0886. The predicted octanol–water partition coefficient (Wildman–Crippen LogP) is 6.83. The smallest absolute Gasteiger partial charge is 0.261 e. The number of halogens is 2. The van der Waals surface area contributed by atoms with Gasteiger partial charge in [0.05, 0.1) is 39.8 Å². The number of hydrogen-bond donors (Lipinski definition) is 1. The summed E-state index contributed by atoms with van der Waals surface area (Å²) in [6, 6.07) is 22.4. The molecule has 2 aromatic heterocycles. The zero-order chi connectivity index (χ0) is 25.9. The van der Waals surface area contributed by atoms with E-state index in [2.05, 4.69) is 10.4 Å². The maximum absolute atomic E-state index is 13.4. The van der Waals surface area contributed by atoms with Crippen molar-refractivity contribution in [3.63, 3.8) is 0 Å². The van der Waals surface area contributed by atoms with Crippen molar-refractivity contribution in [2.24, 2.45) is 0 Å². The van der Waals surface area contributed by atoms with Gasteiger partial charge in [0.25, 0.3) is 5.91 Å². The number of thiophene rings is 1. The van der Waals surface area contributed by atoms with Gasteiger partial charge in [0.15, 0.2) is 0 Å². The summed E-state index contributed by atoms with van der Waals surface area (Å²) < 4.78 is 27.5. The van der Waals surface area contributed by atoms with Crippen molar-refractivity contribution in [3.05, 3.63) is 106 Å². The molecule has 0 fully saturated rings. The fraction of sp³-hybridized carbons (Fsp3) is 0.143. The van der Waals surface area contributed by atoms with Gasteiger partial charge < -0.3 is 14.8 Å². The third kappa shape index (κ3) is 5.45. The van der Waals surface area contributed by atoms with Gasteiger partial charge in [-0.2, -0.15) is 5.10 Å². The van der Waals surface area contributed by atoms with Gasteiger partial charge in [-0.05, 0) is 79.2 Å². The molecule has 5 rings (SSSR count). The summed E-state index contributed by atoms with van der Waals surface area (Å²) in [5.74, 6) is 0.768. The molecule has 188 valence electrons. The summed E-state index contributed by atoms with van der Waals surface area (Å²) in [5.41, 5.74) is 2.45. The Morgan fingerprint density at radius 2 is 1.86 bits per heavy atom. The number of carbonyl (C=O) groups excluding carboxylic acids is 1. The van der Waals surface area contributed by atoms with E-state index in [1.165, 1.54) is 23.5 Å². The Hall–Kier alpha value is -3.88. The fourth-order valence-electron chi connectivity index (χ4n) is 4.09. The molecule has 0 aliphatic heterocycles. The number of ether oxygens (including phenoxy) is 2. The van der Waals surface area contributed by atoms with Gasteiger partial charge in [-0.25, -0.2) is 9.07 Å². The number of carbonyl (C=O) groups is 1. The van der Waals surface area contributed by atoms with Gasteiger partial charge in [-0.1, -0.05) is 23.7 Å². The lowest BCUT2D eigenvalue weighted by Gasteiger charge is -2.27. The molecule has 1 amide bonds. The number of aromatic nitrogens is 2. The number of nitrogens with one attached hydrogen (secondary N) is 1. The minimum Gasteiger partial charge on any atom is -0.497 e. The molecule has 0 saturated carbocycles. The maximum Gasteiger partial charge on any atom is 0.261 e. The highest BCUT2D eigenvalue weighted by Gasteiger charge is 2.25. The van der Waals surface area contributed by atoms with E-state index in [1.807, 2.05) is 49.4 Å². The second-order valence-corrected chi connectivity index (χ2v) is 10.1. The normalized spacial score (nSPS) is 12.8. The fourth-order valence-corrected chi connectivity index (χ4v) is 5.03. The monoisotopic (exact) mass is 535 g/mol. The van der Waals surface area contributed by atoms with E-state index in [1.54, 1.807) is 42.3 Å². The Balaban J connectivity index is 1.44. The Kier molecular flexibility index (Phi) is 7.12. The summed E-state index contributed by atoms with van der Waals surface area (Å²) in [6.45, 7) is 1.89. The van der Waals surface area contributed by atoms with Crippen molar-refractivity contribution in [1.82, 2.24) is 15.1 Å². The van der Waals surface area contributed by atoms with Gasteiger partial charge in [-0.3, -0.25) is 4.79 Å². The first kappa shape index (κ1) is 24.8. The quantitative estimate of drug-likeness (QED) is 0.236. The Morgan fingerprint density at radius 3 is 2.59 bits per heavy atom. The van der Waals surface area contributed by atoms with Crippen molar-refractivity contribution in [1.29, 1.82) is 0 Å². The van der Waals surface area contributed by atoms with Gasteiger partial charge >= 0.3 is 0 Å². The number of rotatable bonds is 8. The molecule has 2 atom stereocenters. The molecule has 0 aliphatic rings. The lowest BCUT2D eigenvalue weighted by Crippen LogP contribution is -2.39. The van der Waals surface area contributed by atoms with Crippen LogP contribution >= 0.6 is 22.9 Å². The second kappa shape index (κ2) is 10.6. The molecule has 6 nitrogen and oxygen atoms in total. The Labute approximate surface area is 222 Å². The number of methoxy groups -OCH3 is 1. The largest absolute Gasteiger partial charge is 0.497 e. The standard InChI is InChI=1S/C28H23ClFN3O3S/c1-17(32-28(34)25-12-13-26(29)37-25)27(18-4-3-5-22(14-18)35-2)36-23-10-11-24-19(15-23)16-31-33(24)21-8-6-20(30)7-9-21/h3-17,27H,1-2H3,(H,32,34). The van der Waals surface area contributed by atoms with E-state index in [-0.39, 0.29) is 11.7 Å². The molecule has 9 heteroatoms. The van der Waals surface area contributed by atoms with Crippen molar-refractivity contribution in [3.8, 4) is 17.2 Å². The van der Waals surface area contributed by atoms with Crippen LogP contribution in [0.4, 0.5) is 4.39 Å². The summed E-state index contributed by atoms with van der Waals surface area (Å²) in [7, 11) is 1.60. The maximum atomic E-state index is 13.4. The number of amides is 1. The van der Waals surface area contributed by atoms with Crippen LogP contribution in [0.5, 0.6) is 11.5 Å². The molecule has 3 aromatic carbocycles. The highest BCUT2D eigenvalue weighted by atomic mass is 35.5. The summed E-state index contributed by atoms with van der Waals surface area (Å²) >= 11 is 7.23. The first-order valence-corrected chi connectivity index (χ1v) is 12.7. The minimum absolute atomic E-state index is 0.225. The van der Waals surface area contributed by atoms with Gasteiger partial charge in [0, 0.05) is 5.39 Å². The summed E-state index contributed by atoms with van der Waals surface area (Å²) in [5, 5.41) is 8.35. The zero-order valence-corrected chi connectivity index (χ0v) is 21.6. The molecule has 2 unspecified atom stereocenters. The van der Waals surface area contributed by atoms with Gasteiger partial charge in [0.1, 0.15) is 23.4 Å². The van der Waals surface area contributed by atoms with E-state index in [9.17, 15) is 9.18 Å². The predicted molar refractivity (Wildman–Crippen MR) is 144 cm³/mol. The molecule has 0 spiro atoms. The topological polar surface area (TPSA) is 65.4 Å². The van der Waals surface area contributed by atoms with E-state index in [4.69, 9.17) is 21.1 Å². The minimum atomic E-state index is -0.515. The lowest BCUT2D eigenvalue weighted by atomic mass is 10.0. The third-order valence-electron chi connectivity index (χ3n) is 5.91. The average molecular weight is 536 g/mol. The summed E-state index contributed by atoms with van der Waals surface area (Å²) in [6.07, 6.45) is 1.22. The Morgan fingerprint density at radius 1 is 1.05 bits per heavy atom. The molecule has 0 aliphatic carbocycles. The summed E-state index contributed by atoms with van der Waals surface area (Å²) in [4.78, 5) is 13.4. The molecule has 37 heavy (non-hydrogen) atoms. The van der Waals surface area contributed by atoms with Crippen LogP contribution in [0.25, 0.3) is 16.6 Å². The molecule has 0 saturated heterocycles. The van der Waals surface area contributed by atoms with Crippen LogP contribution in [0.2, 0.25) is 4.34 Å². The van der Waals surface area contributed by atoms with Crippen LogP contribution in [0.3, 0.4) is 0 Å². The molecular formula is C28H23ClFN3O3S. The first-order chi connectivity index (χ1) is 17.9. The van der Waals surface area contributed by atoms with E-state index in [0.717, 1.165) is 22.2 Å². The SMILES string of the molecule is COc1cccc(C(Oc2ccc3c(cnn3-c3ccc(F)cc3)c2)C(C)NC(=O)c2ccc(Cl)s2)c1. The molecule has 0 bridgehead atoms. The van der Waals surface area contributed by atoms with E-state index in [0.29, 0.717) is 20.7 Å². The zero-order valence-electron chi connectivity index (χ0n) is 20.0. The molecule has 0 radical (unpaired) electrons. The van der Waals surface area contributed by atoms with Crippen LogP contribution < -0.4 is 14.8 Å². The number of nitrogens with zero attached hydrogens (tertiary/aromatic N) is 2. The Bertz CT molecular complexity index is 1550. The van der Waals surface area contributed by atoms with Crippen molar-refractivity contribution in [2.75, 3.05) is 7.11 Å². The average Bonchev–Trinajstić information content (AvgIpc) is 3.54. The van der Waals surface area contributed by atoms with Crippen LogP contribution in [0.15, 0.2) is 85.1 Å². The number of fused-ring (bicyclic) bond motifs is 1. The van der Waals surface area contributed by atoms with Crippen molar-refractivity contribution >= 4 is 39.7 Å². The second-order valence-electron chi connectivity index (χ2n) is 8.43. The van der Waals surface area contributed by atoms with E-state index < -0.39 is 12.1 Å². The first-order valence-electron chi connectivity index (χ1n) is 11.5. The van der Waals surface area contributed by atoms with Crippen LogP contribution in [-0.4, -0.2) is 28.8 Å². The highest BCUT2D eigenvalue weighted by Crippen LogP contribution is 2.31. The van der Waals surface area contributed by atoms with Gasteiger partial charge in [-0.15, -0.1) is 11.3 Å². The molecular weight excluding hydrogens is 513 g/mol. The number of benzene rings is 3. The van der Waals surface area contributed by atoms with Gasteiger partial charge in [0.2, 0.25) is 0 Å². The van der Waals surface area contributed by atoms with Crippen LogP contribution in [0, 0.1) is 5.82 Å². The third-order valence-corrected chi connectivity index (χ3v) is 7.14. The van der Waals surface area contributed by atoms with Crippen LogP contribution in [-0.2, 0) is 0 Å².